The van der Waals surface area contributed by atoms with E-state index in [0.717, 1.165) is 39.1 Å². The number of ether oxygens (including phenoxy) is 1. The van der Waals surface area contributed by atoms with E-state index in [9.17, 15) is 9.59 Å². The normalized spacial score (nSPS) is 18.3. The molecule has 2 aliphatic heterocycles. The lowest BCUT2D eigenvalue weighted by molar-refractivity contribution is 0.102. The number of rotatable bonds is 8. The van der Waals surface area contributed by atoms with Gasteiger partial charge in [-0.05, 0) is 68.1 Å². The summed E-state index contributed by atoms with van der Waals surface area (Å²) in [5, 5.41) is 2.87. The minimum Gasteiger partial charge on any atom is -0.391 e. The maximum Gasteiger partial charge on any atom is 0.416 e. The number of nitrogens with one attached hydrogen (secondary N) is 1. The maximum atomic E-state index is 12.7. The van der Waals surface area contributed by atoms with Crippen LogP contribution in [0, 0.1) is 0 Å². The van der Waals surface area contributed by atoms with Crippen molar-refractivity contribution in [3.8, 4) is 5.88 Å². The van der Waals surface area contributed by atoms with Crippen molar-refractivity contribution in [3.05, 3.63) is 83.8 Å². The zero-order chi connectivity index (χ0) is 27.7. The standard InChI is InChI=1S/C31H38N6O3/c1-24-5-2-3-15-37(24)23-26-7-9-27(10-8-26)30(38)34-28-11-12-29(33-22-28)40-31(39)36-19-17-35(18-20-36)16-13-25-6-4-14-32-21-25/h4,6-12,14,21-22,24H,2-3,5,13,15-20,23H2,1H3,(H,34,38). The van der Waals surface area contributed by atoms with Gasteiger partial charge in [-0.3, -0.25) is 19.6 Å². The molecule has 1 aromatic carbocycles. The Morgan fingerprint density at radius 2 is 1.77 bits per heavy atom. The van der Waals surface area contributed by atoms with Crippen LogP contribution in [0.1, 0.15) is 47.7 Å². The van der Waals surface area contributed by atoms with Crippen molar-refractivity contribution in [3.63, 3.8) is 0 Å². The van der Waals surface area contributed by atoms with Gasteiger partial charge in [0.25, 0.3) is 5.91 Å². The Bertz CT molecular complexity index is 1240. The first-order chi connectivity index (χ1) is 19.5. The van der Waals surface area contributed by atoms with E-state index in [1.54, 1.807) is 23.2 Å². The zero-order valence-electron chi connectivity index (χ0n) is 23.2. The quantitative estimate of drug-likeness (QED) is 0.449. The molecule has 1 N–H and O–H groups in total. The van der Waals surface area contributed by atoms with Crippen LogP contribution in [0.2, 0.25) is 0 Å². The summed E-state index contributed by atoms with van der Waals surface area (Å²) < 4.78 is 5.48. The monoisotopic (exact) mass is 542 g/mol. The van der Waals surface area contributed by atoms with Crippen molar-refractivity contribution in [2.75, 3.05) is 44.6 Å². The molecule has 0 spiro atoms. The van der Waals surface area contributed by atoms with E-state index in [2.05, 4.69) is 38.1 Å². The second-order valence-corrected chi connectivity index (χ2v) is 10.7. The number of aromatic nitrogens is 2. The summed E-state index contributed by atoms with van der Waals surface area (Å²) in [5.41, 5.74) is 3.55. The van der Waals surface area contributed by atoms with Crippen molar-refractivity contribution in [1.82, 2.24) is 24.7 Å². The SMILES string of the molecule is CC1CCCCN1Cc1ccc(C(=O)Nc2ccc(OC(=O)N3CCN(CCc4cccnc4)CC3)nc2)cc1. The van der Waals surface area contributed by atoms with E-state index in [0.29, 0.717) is 30.4 Å². The molecule has 2 saturated heterocycles. The highest BCUT2D eigenvalue weighted by Crippen LogP contribution is 2.20. The van der Waals surface area contributed by atoms with Gasteiger partial charge in [0.1, 0.15) is 0 Å². The Kier molecular flexibility index (Phi) is 9.36. The summed E-state index contributed by atoms with van der Waals surface area (Å²) in [6.07, 6.45) is 9.52. The first-order valence-electron chi connectivity index (χ1n) is 14.2. The van der Waals surface area contributed by atoms with Crippen LogP contribution in [0.15, 0.2) is 67.1 Å². The highest BCUT2D eigenvalue weighted by atomic mass is 16.6. The zero-order valence-corrected chi connectivity index (χ0v) is 23.2. The number of carbonyl (C=O) groups is 2. The van der Waals surface area contributed by atoms with Crippen LogP contribution in [-0.2, 0) is 13.0 Å². The predicted molar refractivity (Wildman–Crippen MR) is 154 cm³/mol. The number of anilines is 1. The fourth-order valence-corrected chi connectivity index (χ4v) is 5.25. The van der Waals surface area contributed by atoms with E-state index < -0.39 is 6.09 Å². The Morgan fingerprint density at radius 1 is 0.950 bits per heavy atom. The summed E-state index contributed by atoms with van der Waals surface area (Å²) in [6, 6.07) is 15.7. The second kappa shape index (κ2) is 13.5. The highest BCUT2D eigenvalue weighted by molar-refractivity contribution is 6.04. The Morgan fingerprint density at radius 3 is 2.48 bits per heavy atom. The molecule has 9 heteroatoms. The summed E-state index contributed by atoms with van der Waals surface area (Å²) in [7, 11) is 0. The lowest BCUT2D eigenvalue weighted by Crippen LogP contribution is -2.50. The van der Waals surface area contributed by atoms with Crippen LogP contribution in [0.5, 0.6) is 5.88 Å². The lowest BCUT2D eigenvalue weighted by Gasteiger charge is -2.33. The number of carbonyl (C=O) groups excluding carboxylic acids is 2. The number of amides is 2. The summed E-state index contributed by atoms with van der Waals surface area (Å²) >= 11 is 0. The van der Waals surface area contributed by atoms with Crippen molar-refractivity contribution in [2.45, 2.75) is 45.2 Å². The summed E-state index contributed by atoms with van der Waals surface area (Å²) in [4.78, 5) is 40.3. The molecule has 2 fully saturated rings. The fourth-order valence-electron chi connectivity index (χ4n) is 5.25. The molecule has 0 radical (unpaired) electrons. The van der Waals surface area contributed by atoms with E-state index >= 15 is 0 Å². The number of benzene rings is 1. The Balaban J connectivity index is 1.05. The molecule has 0 bridgehead atoms. The van der Waals surface area contributed by atoms with Crippen LogP contribution < -0.4 is 10.1 Å². The minimum atomic E-state index is -0.407. The first-order valence-corrected chi connectivity index (χ1v) is 14.2. The molecule has 2 amide bonds. The van der Waals surface area contributed by atoms with Gasteiger partial charge in [0, 0.05) is 69.3 Å². The van der Waals surface area contributed by atoms with Crippen molar-refractivity contribution in [2.24, 2.45) is 0 Å². The fraction of sp³-hybridized carbons (Fsp3) is 0.419. The van der Waals surface area contributed by atoms with Crippen molar-refractivity contribution >= 4 is 17.7 Å². The van der Waals surface area contributed by atoms with E-state index in [1.807, 2.05) is 36.5 Å². The molecule has 1 atom stereocenters. The molecule has 9 nitrogen and oxygen atoms in total. The van der Waals surface area contributed by atoms with Crippen LogP contribution in [-0.4, -0.2) is 82.0 Å². The molecular formula is C31H38N6O3. The molecule has 1 unspecified atom stereocenters. The molecule has 4 heterocycles. The van der Waals surface area contributed by atoms with Gasteiger partial charge in [-0.2, -0.15) is 0 Å². The molecule has 0 aliphatic carbocycles. The van der Waals surface area contributed by atoms with Crippen molar-refractivity contribution < 1.29 is 14.3 Å². The summed E-state index contributed by atoms with van der Waals surface area (Å²) in [6.45, 7) is 8.07. The van der Waals surface area contributed by atoms with Gasteiger partial charge in [-0.25, -0.2) is 9.78 Å². The molecular weight excluding hydrogens is 504 g/mol. The summed E-state index contributed by atoms with van der Waals surface area (Å²) in [5.74, 6) is 0.00383. The van der Waals surface area contributed by atoms with Gasteiger partial charge in [-0.15, -0.1) is 0 Å². The highest BCUT2D eigenvalue weighted by Gasteiger charge is 2.23. The van der Waals surface area contributed by atoms with Crippen LogP contribution in [0.25, 0.3) is 0 Å². The molecule has 0 saturated carbocycles. The molecule has 40 heavy (non-hydrogen) atoms. The van der Waals surface area contributed by atoms with Crippen LogP contribution >= 0.6 is 0 Å². The van der Waals surface area contributed by atoms with Gasteiger partial charge in [0.05, 0.1) is 11.9 Å². The van der Waals surface area contributed by atoms with E-state index in [-0.39, 0.29) is 11.8 Å². The van der Waals surface area contributed by atoms with Gasteiger partial charge < -0.3 is 15.0 Å². The van der Waals surface area contributed by atoms with Gasteiger partial charge in [0.2, 0.25) is 5.88 Å². The molecule has 5 rings (SSSR count). The minimum absolute atomic E-state index is 0.203. The molecule has 2 aliphatic rings. The molecule has 210 valence electrons. The number of hydrogen-bond donors (Lipinski definition) is 1. The third-order valence-electron chi connectivity index (χ3n) is 7.80. The topological polar surface area (TPSA) is 90.9 Å². The average molecular weight is 543 g/mol. The number of pyridine rings is 2. The second-order valence-electron chi connectivity index (χ2n) is 10.7. The van der Waals surface area contributed by atoms with Gasteiger partial charge >= 0.3 is 6.09 Å². The van der Waals surface area contributed by atoms with Gasteiger partial charge in [0.15, 0.2) is 0 Å². The number of piperidine rings is 1. The third-order valence-corrected chi connectivity index (χ3v) is 7.80. The lowest BCUT2D eigenvalue weighted by atomic mass is 10.0. The van der Waals surface area contributed by atoms with Crippen molar-refractivity contribution in [1.29, 1.82) is 0 Å². The van der Waals surface area contributed by atoms with Crippen LogP contribution in [0.4, 0.5) is 10.5 Å². The van der Waals surface area contributed by atoms with Gasteiger partial charge in [-0.1, -0.05) is 24.6 Å². The first kappa shape index (κ1) is 27.7. The number of nitrogens with zero attached hydrogens (tertiary/aromatic N) is 5. The Hall–Kier alpha value is -3.82. The Labute approximate surface area is 236 Å². The number of hydrogen-bond acceptors (Lipinski definition) is 7. The third kappa shape index (κ3) is 7.64. The smallest absolute Gasteiger partial charge is 0.391 e. The van der Waals surface area contributed by atoms with E-state index in [1.165, 1.54) is 36.6 Å². The number of piperazine rings is 1. The molecule has 2 aromatic heterocycles. The van der Waals surface area contributed by atoms with E-state index in [4.69, 9.17) is 4.74 Å². The number of likely N-dealkylation sites (tertiary alicyclic amines) is 1. The largest absolute Gasteiger partial charge is 0.416 e. The maximum absolute atomic E-state index is 12.7. The molecule has 3 aromatic rings. The van der Waals surface area contributed by atoms with Crippen LogP contribution in [0.3, 0.4) is 0 Å². The average Bonchev–Trinajstić information content (AvgIpc) is 2.99. The predicted octanol–water partition coefficient (Wildman–Crippen LogP) is 4.46.